The van der Waals surface area contributed by atoms with Crippen molar-refractivity contribution in [3.63, 3.8) is 0 Å². The molecule has 5 aliphatic rings. The fourth-order valence-corrected chi connectivity index (χ4v) is 9.94. The molecular weight excluding hydrogens is 621 g/mol. The van der Waals surface area contributed by atoms with Crippen molar-refractivity contribution in [3.8, 4) is 22.3 Å². The first-order valence-corrected chi connectivity index (χ1v) is 18.1. The van der Waals surface area contributed by atoms with Crippen LogP contribution in [-0.2, 0) is 18.3 Å². The van der Waals surface area contributed by atoms with Gasteiger partial charge in [0.25, 0.3) is 0 Å². The van der Waals surface area contributed by atoms with Crippen LogP contribution in [-0.4, -0.2) is 0 Å². The minimum Gasteiger partial charge on any atom is -0.456 e. The number of aryl methyl sites for hydroxylation is 1. The number of para-hydroxylation sites is 1. The Kier molecular flexibility index (Phi) is 5.42. The molecule has 5 aliphatic carbocycles. The lowest BCUT2D eigenvalue weighted by Gasteiger charge is -2.32. The summed E-state index contributed by atoms with van der Waals surface area (Å²) in [5, 5.41) is 2.46. The van der Waals surface area contributed by atoms with Gasteiger partial charge in [-0.15, -0.1) is 0 Å². The maximum absolute atomic E-state index is 6.25. The number of furan rings is 2. The van der Waals surface area contributed by atoms with Crippen molar-refractivity contribution in [2.75, 3.05) is 0 Å². The summed E-state index contributed by atoms with van der Waals surface area (Å²) in [6.07, 6.45) is 17.5. The van der Waals surface area contributed by atoms with Gasteiger partial charge in [-0.3, -0.25) is 0 Å². The molecule has 0 fully saturated rings. The van der Waals surface area contributed by atoms with E-state index in [1.54, 1.807) is 0 Å². The molecule has 0 aliphatic heterocycles. The molecule has 2 aromatic heterocycles. The van der Waals surface area contributed by atoms with Crippen molar-refractivity contribution in [2.24, 2.45) is 0 Å². The molecule has 5 aromatic carbocycles. The van der Waals surface area contributed by atoms with Crippen LogP contribution in [0.25, 0.3) is 61.9 Å². The van der Waals surface area contributed by atoms with E-state index in [4.69, 9.17) is 8.83 Å². The smallest absolute Gasteiger partial charge is 0.135 e. The predicted octanol–water partition coefficient (Wildman–Crippen LogP) is 12.4. The molecule has 0 saturated heterocycles. The van der Waals surface area contributed by atoms with E-state index < -0.39 is 0 Å². The molecule has 0 radical (unpaired) electrons. The summed E-state index contributed by atoms with van der Waals surface area (Å²) in [5.41, 5.74) is 20.5. The molecule has 0 bridgehead atoms. The quantitative estimate of drug-likeness (QED) is 0.176. The van der Waals surface area contributed by atoms with Crippen LogP contribution in [0.1, 0.15) is 57.7 Å². The van der Waals surface area contributed by atoms with Crippen molar-refractivity contribution in [1.29, 1.82) is 0 Å². The predicted molar refractivity (Wildman–Crippen MR) is 207 cm³/mol. The lowest BCUT2D eigenvalue weighted by Crippen LogP contribution is -2.27. The van der Waals surface area contributed by atoms with Crippen molar-refractivity contribution < 1.29 is 8.83 Å². The van der Waals surface area contributed by atoms with Gasteiger partial charge in [0.2, 0.25) is 0 Å². The number of benzene rings is 5. The average molecular weight is 653 g/mol. The average Bonchev–Trinajstić information content (AvgIpc) is 3.92. The normalized spacial score (nSPS) is 18.7. The molecule has 0 atom stereocenters. The zero-order valence-corrected chi connectivity index (χ0v) is 28.0. The Morgan fingerprint density at radius 1 is 0.490 bits per heavy atom. The third-order valence-corrected chi connectivity index (χ3v) is 12.2. The van der Waals surface area contributed by atoms with Gasteiger partial charge < -0.3 is 8.83 Å². The van der Waals surface area contributed by atoms with Gasteiger partial charge in [-0.25, -0.2) is 0 Å². The Morgan fingerprint density at radius 3 is 2.02 bits per heavy atom. The Hall–Kier alpha value is -6.12. The molecule has 2 nitrogen and oxygen atoms in total. The minimum atomic E-state index is -0.348. The fourth-order valence-electron chi connectivity index (χ4n) is 9.94. The highest BCUT2D eigenvalue weighted by Crippen LogP contribution is 2.64. The van der Waals surface area contributed by atoms with Gasteiger partial charge in [0.1, 0.15) is 22.7 Å². The highest BCUT2D eigenvalue weighted by molar-refractivity contribution is 5.98. The van der Waals surface area contributed by atoms with Gasteiger partial charge in [-0.2, -0.15) is 0 Å². The van der Waals surface area contributed by atoms with Crippen LogP contribution in [0.3, 0.4) is 0 Å². The maximum atomic E-state index is 6.25. The molecular formula is C49H32O2. The van der Waals surface area contributed by atoms with E-state index in [9.17, 15) is 0 Å². The summed E-state index contributed by atoms with van der Waals surface area (Å²) in [4.78, 5) is 0. The zero-order valence-electron chi connectivity index (χ0n) is 28.0. The molecule has 2 heteroatoms. The molecule has 0 unspecified atom stereocenters. The number of hydrogen-bond acceptors (Lipinski definition) is 2. The van der Waals surface area contributed by atoms with Crippen LogP contribution < -0.4 is 0 Å². The van der Waals surface area contributed by atoms with E-state index in [0.717, 1.165) is 48.4 Å². The van der Waals surface area contributed by atoms with E-state index in [-0.39, 0.29) is 5.41 Å². The molecule has 1 spiro atoms. The summed E-state index contributed by atoms with van der Waals surface area (Å²) < 4.78 is 12.5. The van der Waals surface area contributed by atoms with Crippen molar-refractivity contribution in [2.45, 2.75) is 31.1 Å². The van der Waals surface area contributed by atoms with Gasteiger partial charge in [0, 0.05) is 28.3 Å². The largest absolute Gasteiger partial charge is 0.456 e. The standard InChI is InChI=1S/C49H32O2/c1-5-13-41-33(9-1)34-10-2-6-14-42(34)49(41)43-21-17-29(31-19-23-47-39(27-31)35-11-3-7-15-45(35)50-47)25-37(43)38-26-30(18-22-44(38)49)32-20-24-48-40(28-32)36-12-4-8-16-46(36)51-48/h1-3,5-11,13-24,26,28H,4,12,25,27H2/b31-29+. The molecule has 51 heavy (non-hydrogen) atoms. The van der Waals surface area contributed by atoms with Gasteiger partial charge >= 0.3 is 0 Å². The Balaban J connectivity index is 1.06. The first kappa shape index (κ1) is 27.7. The molecule has 0 saturated carbocycles. The molecule has 240 valence electrons. The number of rotatable bonds is 1. The molecule has 0 N–H and O–H groups in total. The monoisotopic (exact) mass is 652 g/mol. The maximum Gasteiger partial charge on any atom is 0.135 e. The van der Waals surface area contributed by atoms with Crippen molar-refractivity contribution >= 4 is 39.7 Å². The van der Waals surface area contributed by atoms with Crippen molar-refractivity contribution in [1.82, 2.24) is 0 Å². The van der Waals surface area contributed by atoms with Crippen LogP contribution in [0.15, 0.2) is 159 Å². The zero-order chi connectivity index (χ0) is 33.3. The summed E-state index contributed by atoms with van der Waals surface area (Å²) in [6.45, 7) is 0. The van der Waals surface area contributed by atoms with E-state index >= 15 is 0 Å². The topological polar surface area (TPSA) is 26.3 Å². The van der Waals surface area contributed by atoms with E-state index in [0.29, 0.717) is 0 Å². The van der Waals surface area contributed by atoms with Crippen LogP contribution in [0, 0.1) is 0 Å². The number of hydrogen-bond donors (Lipinski definition) is 0. The first-order chi connectivity index (χ1) is 25.3. The lowest BCUT2D eigenvalue weighted by atomic mass is 9.68. The second-order valence-electron chi connectivity index (χ2n) is 14.6. The van der Waals surface area contributed by atoms with Gasteiger partial charge in [0.05, 0.1) is 5.41 Å². The lowest BCUT2D eigenvalue weighted by molar-refractivity contribution is 0.595. The van der Waals surface area contributed by atoms with Crippen molar-refractivity contribution in [3.05, 3.63) is 195 Å². The summed E-state index contributed by atoms with van der Waals surface area (Å²) >= 11 is 0. The molecule has 12 rings (SSSR count). The summed E-state index contributed by atoms with van der Waals surface area (Å²) in [6, 6.07) is 40.6. The SMILES string of the molecule is C1=Cc2oc3ccc(-c4ccc5c(c4)C4=C(C=C/C(=C6/C=Cc7oc8ccccc8c7C6)C4)C54c5ccccc5-c5ccccc54)cc3c2CC1. The van der Waals surface area contributed by atoms with Crippen LogP contribution >= 0.6 is 0 Å². The Morgan fingerprint density at radius 2 is 1.16 bits per heavy atom. The van der Waals surface area contributed by atoms with E-state index in [2.05, 4.69) is 146 Å². The third kappa shape index (κ3) is 3.62. The Bertz CT molecular complexity index is 2810. The summed E-state index contributed by atoms with van der Waals surface area (Å²) in [7, 11) is 0. The second kappa shape index (κ2) is 9.99. The van der Waals surface area contributed by atoms with Gasteiger partial charge in [-0.1, -0.05) is 109 Å². The third-order valence-electron chi connectivity index (χ3n) is 12.2. The Labute approximate surface area is 296 Å². The highest BCUT2D eigenvalue weighted by Gasteiger charge is 2.52. The van der Waals surface area contributed by atoms with Crippen LogP contribution in [0.5, 0.6) is 0 Å². The van der Waals surface area contributed by atoms with Crippen LogP contribution in [0.4, 0.5) is 0 Å². The number of fused-ring (bicyclic) bond motifs is 15. The number of allylic oxidation sites excluding steroid dienone is 8. The highest BCUT2D eigenvalue weighted by atomic mass is 16.3. The van der Waals surface area contributed by atoms with Gasteiger partial charge in [-0.05, 0) is 122 Å². The fraction of sp³-hybridized carbons (Fsp3) is 0.102. The molecule has 7 aromatic rings. The minimum absolute atomic E-state index is 0.348. The molecule has 0 amide bonds. The van der Waals surface area contributed by atoms with Crippen LogP contribution in [0.2, 0.25) is 0 Å². The van der Waals surface area contributed by atoms with E-state index in [1.807, 2.05) is 0 Å². The molecule has 2 heterocycles. The summed E-state index contributed by atoms with van der Waals surface area (Å²) in [5.74, 6) is 2.00. The van der Waals surface area contributed by atoms with Gasteiger partial charge in [0.15, 0.2) is 0 Å². The van der Waals surface area contributed by atoms with E-state index in [1.165, 1.54) is 88.7 Å². The second-order valence-corrected chi connectivity index (χ2v) is 14.6. The first-order valence-electron chi connectivity index (χ1n) is 18.1.